The maximum absolute atomic E-state index is 13.8. The standard InChI is InChI=1S/C32H31N5O2/c38-28(12-11-27-19-26-20-33-16-13-29(26)35-27)22-37-30(25-9-5-2-6-10-25)21-34-31(32(37)39)36-17-14-24(15-18-36)23-7-3-1-4-8-23/h1-10,13,16,19-21,24,35H,11-12,14-15,17-18,22H2. The molecule has 0 unspecified atom stereocenters. The van der Waals surface area contributed by atoms with Crippen molar-refractivity contribution in [2.45, 2.75) is 38.1 Å². The number of anilines is 1. The molecule has 1 aliphatic heterocycles. The summed E-state index contributed by atoms with van der Waals surface area (Å²) in [6.07, 6.45) is 8.14. The van der Waals surface area contributed by atoms with Gasteiger partial charge in [0.15, 0.2) is 11.6 Å². The third-order valence-electron chi connectivity index (χ3n) is 7.66. The second-order valence-corrected chi connectivity index (χ2v) is 10.2. The number of carbonyl (C=O) groups is 1. The zero-order valence-electron chi connectivity index (χ0n) is 21.8. The highest BCUT2D eigenvalue weighted by Gasteiger charge is 2.25. The minimum absolute atomic E-state index is 0.00555. The molecular weight excluding hydrogens is 486 g/mol. The van der Waals surface area contributed by atoms with Gasteiger partial charge in [-0.2, -0.15) is 0 Å². The van der Waals surface area contributed by atoms with E-state index in [1.807, 2.05) is 54.7 Å². The van der Waals surface area contributed by atoms with Gasteiger partial charge in [-0.3, -0.25) is 19.1 Å². The van der Waals surface area contributed by atoms with Gasteiger partial charge in [-0.1, -0.05) is 60.7 Å². The summed E-state index contributed by atoms with van der Waals surface area (Å²) in [7, 11) is 0. The maximum atomic E-state index is 13.8. The van der Waals surface area contributed by atoms with Gasteiger partial charge >= 0.3 is 0 Å². The van der Waals surface area contributed by atoms with Crippen LogP contribution in [0.15, 0.2) is 96.2 Å². The zero-order valence-corrected chi connectivity index (χ0v) is 21.8. The lowest BCUT2D eigenvalue weighted by atomic mass is 9.89. The number of aromatic amines is 1. The van der Waals surface area contributed by atoms with Crippen molar-refractivity contribution in [2.24, 2.45) is 0 Å². The van der Waals surface area contributed by atoms with Gasteiger partial charge in [-0.15, -0.1) is 0 Å². The van der Waals surface area contributed by atoms with E-state index in [2.05, 4.69) is 44.1 Å². The number of hydrogen-bond acceptors (Lipinski definition) is 5. The van der Waals surface area contributed by atoms with E-state index < -0.39 is 0 Å². The Morgan fingerprint density at radius 1 is 0.949 bits per heavy atom. The maximum Gasteiger partial charge on any atom is 0.294 e. The number of Topliss-reactive ketones (excluding diaryl/α,β-unsaturated/α-hetero) is 1. The Morgan fingerprint density at radius 2 is 1.69 bits per heavy atom. The number of rotatable bonds is 8. The molecule has 1 aliphatic rings. The Labute approximate surface area is 227 Å². The first-order chi connectivity index (χ1) is 19.2. The number of hydrogen-bond donors (Lipinski definition) is 1. The number of aromatic nitrogens is 4. The number of pyridine rings is 1. The van der Waals surface area contributed by atoms with Gasteiger partial charge in [-0.05, 0) is 48.4 Å². The van der Waals surface area contributed by atoms with Gasteiger partial charge in [0.1, 0.15) is 0 Å². The predicted octanol–water partition coefficient (Wildman–Crippen LogP) is 5.37. The largest absolute Gasteiger partial charge is 0.358 e. The van der Waals surface area contributed by atoms with Crippen molar-refractivity contribution in [2.75, 3.05) is 18.0 Å². The van der Waals surface area contributed by atoms with Crippen LogP contribution in [0.5, 0.6) is 0 Å². The summed E-state index contributed by atoms with van der Waals surface area (Å²) < 4.78 is 1.61. The average molecular weight is 518 g/mol. The van der Waals surface area contributed by atoms with Gasteiger partial charge < -0.3 is 9.88 Å². The van der Waals surface area contributed by atoms with Gasteiger partial charge in [0.05, 0.1) is 18.4 Å². The first kappa shape index (κ1) is 24.8. The number of ketones is 1. The van der Waals surface area contributed by atoms with Crippen molar-refractivity contribution >= 4 is 22.5 Å². The van der Waals surface area contributed by atoms with Crippen LogP contribution in [0, 0.1) is 0 Å². The lowest BCUT2D eigenvalue weighted by Crippen LogP contribution is -2.39. The molecule has 1 fully saturated rings. The van der Waals surface area contributed by atoms with Crippen LogP contribution in [0.25, 0.3) is 22.2 Å². The molecule has 7 nitrogen and oxygen atoms in total. The SMILES string of the molecule is O=C(CCc1cc2cnccc2[nH]1)Cn1c(-c2ccccc2)cnc(N2CCC(c3ccccc3)CC2)c1=O. The Morgan fingerprint density at radius 3 is 2.44 bits per heavy atom. The first-order valence-corrected chi connectivity index (χ1v) is 13.5. The van der Waals surface area contributed by atoms with Crippen LogP contribution >= 0.6 is 0 Å². The molecule has 0 bridgehead atoms. The van der Waals surface area contributed by atoms with Crippen LogP contribution in [0.4, 0.5) is 5.82 Å². The van der Waals surface area contributed by atoms with Crippen molar-refractivity contribution in [1.82, 2.24) is 19.5 Å². The summed E-state index contributed by atoms with van der Waals surface area (Å²) >= 11 is 0. The molecule has 0 amide bonds. The quantitative estimate of drug-likeness (QED) is 0.299. The molecule has 1 N–H and O–H groups in total. The molecule has 7 heteroatoms. The Balaban J connectivity index is 1.22. The molecule has 0 aliphatic carbocycles. The van der Waals surface area contributed by atoms with E-state index >= 15 is 0 Å². The van der Waals surface area contributed by atoms with Crippen LogP contribution in [-0.2, 0) is 17.8 Å². The molecule has 0 saturated carbocycles. The third-order valence-corrected chi connectivity index (χ3v) is 7.66. The lowest BCUT2D eigenvalue weighted by molar-refractivity contribution is -0.119. The molecule has 2 aromatic carbocycles. The molecule has 0 radical (unpaired) electrons. The van der Waals surface area contributed by atoms with E-state index in [0.29, 0.717) is 30.3 Å². The van der Waals surface area contributed by atoms with Gasteiger partial charge in [-0.25, -0.2) is 4.98 Å². The van der Waals surface area contributed by atoms with Crippen molar-refractivity contribution < 1.29 is 4.79 Å². The van der Waals surface area contributed by atoms with E-state index in [1.165, 1.54) is 5.56 Å². The van der Waals surface area contributed by atoms with Crippen LogP contribution in [0.3, 0.4) is 0 Å². The molecule has 39 heavy (non-hydrogen) atoms. The number of nitrogens with zero attached hydrogens (tertiary/aromatic N) is 4. The summed E-state index contributed by atoms with van der Waals surface area (Å²) in [4.78, 5) is 41.3. The Bertz CT molecular complexity index is 1600. The number of benzene rings is 2. The monoisotopic (exact) mass is 517 g/mol. The fourth-order valence-electron chi connectivity index (χ4n) is 5.54. The molecule has 0 spiro atoms. The van der Waals surface area contributed by atoms with E-state index in [4.69, 9.17) is 0 Å². The highest BCUT2D eigenvalue weighted by Crippen LogP contribution is 2.29. The van der Waals surface area contributed by atoms with Crippen molar-refractivity contribution in [1.29, 1.82) is 0 Å². The number of nitrogens with one attached hydrogen (secondary N) is 1. The summed E-state index contributed by atoms with van der Waals surface area (Å²) in [5.74, 6) is 0.915. The summed E-state index contributed by atoms with van der Waals surface area (Å²) in [5.41, 5.74) is 4.66. The molecular formula is C32H31N5O2. The number of piperidine rings is 1. The number of fused-ring (bicyclic) bond motifs is 1. The van der Waals surface area contributed by atoms with E-state index in [0.717, 1.165) is 48.1 Å². The molecule has 0 atom stereocenters. The zero-order chi connectivity index (χ0) is 26.6. The summed E-state index contributed by atoms with van der Waals surface area (Å²) in [5, 5.41) is 1.03. The predicted molar refractivity (Wildman–Crippen MR) is 154 cm³/mol. The molecule has 5 aromatic rings. The van der Waals surface area contributed by atoms with Crippen LogP contribution in [0.1, 0.15) is 36.4 Å². The number of H-pyrrole nitrogens is 1. The van der Waals surface area contributed by atoms with Crippen LogP contribution < -0.4 is 10.5 Å². The summed E-state index contributed by atoms with van der Waals surface area (Å²) in [6, 6.07) is 24.2. The van der Waals surface area contributed by atoms with E-state index in [9.17, 15) is 9.59 Å². The first-order valence-electron chi connectivity index (χ1n) is 13.5. The molecule has 196 valence electrons. The second-order valence-electron chi connectivity index (χ2n) is 10.2. The Kier molecular flexibility index (Phi) is 7.04. The summed E-state index contributed by atoms with van der Waals surface area (Å²) in [6.45, 7) is 1.53. The average Bonchev–Trinajstić information content (AvgIpc) is 3.41. The van der Waals surface area contributed by atoms with Gasteiger partial charge in [0.25, 0.3) is 5.56 Å². The van der Waals surface area contributed by atoms with E-state index in [-0.39, 0.29) is 17.9 Å². The van der Waals surface area contributed by atoms with E-state index in [1.54, 1.807) is 17.0 Å². The fourth-order valence-corrected chi connectivity index (χ4v) is 5.54. The van der Waals surface area contributed by atoms with Gasteiger partial charge in [0, 0.05) is 48.5 Å². The number of carbonyl (C=O) groups excluding carboxylic acids is 1. The van der Waals surface area contributed by atoms with Crippen molar-refractivity contribution in [3.63, 3.8) is 0 Å². The molecule has 3 aromatic heterocycles. The van der Waals surface area contributed by atoms with Crippen molar-refractivity contribution in [3.05, 3.63) is 113 Å². The lowest BCUT2D eigenvalue weighted by Gasteiger charge is -2.33. The molecule has 6 rings (SSSR count). The highest BCUT2D eigenvalue weighted by atomic mass is 16.1. The third kappa shape index (κ3) is 5.39. The normalized spacial score (nSPS) is 14.1. The van der Waals surface area contributed by atoms with Crippen LogP contribution in [0.2, 0.25) is 0 Å². The molecule has 1 saturated heterocycles. The highest BCUT2D eigenvalue weighted by molar-refractivity contribution is 5.81. The minimum Gasteiger partial charge on any atom is -0.358 e. The topological polar surface area (TPSA) is 83.9 Å². The van der Waals surface area contributed by atoms with Crippen LogP contribution in [-0.4, -0.2) is 38.4 Å². The smallest absolute Gasteiger partial charge is 0.294 e. The fraction of sp³-hybridized carbons (Fsp3) is 0.250. The van der Waals surface area contributed by atoms with Crippen molar-refractivity contribution in [3.8, 4) is 11.3 Å². The second kappa shape index (κ2) is 11.1. The molecule has 4 heterocycles. The minimum atomic E-state index is -0.209. The number of aryl methyl sites for hydroxylation is 1. The Hall–Kier alpha value is -4.52. The van der Waals surface area contributed by atoms with Gasteiger partial charge in [0.2, 0.25) is 0 Å².